The zero-order chi connectivity index (χ0) is 18.2. The zero-order valence-electron chi connectivity index (χ0n) is 13.6. The maximum atomic E-state index is 12.3. The first-order valence-corrected chi connectivity index (χ1v) is 7.22. The monoisotopic (exact) mass is 336 g/mol. The Kier molecular flexibility index (Phi) is 7.13. The van der Waals surface area contributed by atoms with E-state index in [1.54, 1.807) is 37.3 Å². The molecule has 1 aromatic rings. The van der Waals surface area contributed by atoms with Crippen molar-refractivity contribution >= 4 is 17.9 Å². The minimum Gasteiger partial charge on any atom is -0.479 e. The normalized spacial score (nSPS) is 12.8. The van der Waals surface area contributed by atoms with E-state index >= 15 is 0 Å². The summed E-state index contributed by atoms with van der Waals surface area (Å²) < 4.78 is 14.7. The van der Waals surface area contributed by atoms with E-state index in [4.69, 9.17) is 14.2 Å². The van der Waals surface area contributed by atoms with Crippen molar-refractivity contribution < 1.29 is 33.7 Å². The Morgan fingerprint density at radius 1 is 1.17 bits per heavy atom. The van der Waals surface area contributed by atoms with Crippen molar-refractivity contribution in [3.05, 3.63) is 48.0 Å². The van der Waals surface area contributed by atoms with Crippen LogP contribution in [0.5, 0.6) is 0 Å². The van der Waals surface area contributed by atoms with Crippen LogP contribution in [0.3, 0.4) is 0 Å². The van der Waals surface area contributed by atoms with Gasteiger partial charge in [0.2, 0.25) is 0 Å². The highest BCUT2D eigenvalue weighted by molar-refractivity contribution is 6.04. The summed E-state index contributed by atoms with van der Waals surface area (Å²) in [6, 6.07) is 8.75. The van der Waals surface area contributed by atoms with Gasteiger partial charge < -0.3 is 19.3 Å². The molecular weight excluding hydrogens is 316 g/mol. The molecule has 1 aromatic carbocycles. The molecule has 0 amide bonds. The first-order valence-electron chi connectivity index (χ1n) is 7.22. The third kappa shape index (κ3) is 4.66. The Labute approximate surface area is 139 Å². The van der Waals surface area contributed by atoms with Crippen LogP contribution in [0.1, 0.15) is 18.9 Å². The van der Waals surface area contributed by atoms with Gasteiger partial charge in [-0.15, -0.1) is 0 Å². The molecule has 0 aliphatic rings. The number of ether oxygens (including phenoxy) is 3. The fourth-order valence-electron chi connectivity index (χ4n) is 1.92. The predicted octanol–water partition coefficient (Wildman–Crippen LogP) is 1.71. The molecule has 0 saturated carbocycles. The van der Waals surface area contributed by atoms with E-state index in [2.05, 4.69) is 6.58 Å². The number of carboxylic acid groups (broad SMARTS) is 1. The lowest BCUT2D eigenvalue weighted by molar-refractivity contribution is -0.185. The van der Waals surface area contributed by atoms with Gasteiger partial charge in [0.15, 0.2) is 0 Å². The molecular formula is C17H20O7. The van der Waals surface area contributed by atoms with Gasteiger partial charge in [-0.2, -0.15) is 0 Å². The SMILES string of the molecule is C=C(CC(OC)(C(=O)O)C(=O)OCc1ccccc1)C(=O)OCC. The highest BCUT2D eigenvalue weighted by Crippen LogP contribution is 2.24. The van der Waals surface area contributed by atoms with Gasteiger partial charge in [0.1, 0.15) is 6.61 Å². The Hall–Kier alpha value is -2.67. The number of carbonyl (C=O) groups is 3. The van der Waals surface area contributed by atoms with E-state index in [9.17, 15) is 19.5 Å². The Morgan fingerprint density at radius 3 is 2.29 bits per heavy atom. The molecule has 130 valence electrons. The summed E-state index contributed by atoms with van der Waals surface area (Å²) in [5.41, 5.74) is -1.87. The number of benzene rings is 1. The molecule has 1 N–H and O–H groups in total. The Bertz CT molecular complexity index is 609. The average molecular weight is 336 g/mol. The van der Waals surface area contributed by atoms with Crippen molar-refractivity contribution in [1.29, 1.82) is 0 Å². The van der Waals surface area contributed by atoms with E-state index in [-0.39, 0.29) is 18.8 Å². The lowest BCUT2D eigenvalue weighted by Gasteiger charge is -2.26. The Morgan fingerprint density at radius 2 is 1.79 bits per heavy atom. The highest BCUT2D eigenvalue weighted by Gasteiger charge is 2.50. The average Bonchev–Trinajstić information content (AvgIpc) is 2.58. The summed E-state index contributed by atoms with van der Waals surface area (Å²) in [5, 5.41) is 9.43. The van der Waals surface area contributed by atoms with Crippen LogP contribution < -0.4 is 0 Å². The van der Waals surface area contributed by atoms with Gasteiger partial charge in [0.05, 0.1) is 6.61 Å². The number of hydrogen-bond acceptors (Lipinski definition) is 6. The van der Waals surface area contributed by atoms with Crippen LogP contribution in [-0.4, -0.2) is 42.3 Å². The van der Waals surface area contributed by atoms with Crippen LogP contribution >= 0.6 is 0 Å². The maximum Gasteiger partial charge on any atom is 0.350 e. The number of carboxylic acids is 1. The third-order valence-corrected chi connectivity index (χ3v) is 3.26. The molecule has 7 nitrogen and oxygen atoms in total. The molecule has 1 rings (SSSR count). The van der Waals surface area contributed by atoms with E-state index in [0.29, 0.717) is 5.56 Å². The van der Waals surface area contributed by atoms with Crippen LogP contribution in [0.15, 0.2) is 42.5 Å². The second-order valence-electron chi connectivity index (χ2n) is 4.90. The number of methoxy groups -OCH3 is 1. The van der Waals surface area contributed by atoms with E-state index < -0.39 is 29.9 Å². The molecule has 0 aromatic heterocycles. The van der Waals surface area contributed by atoms with Gasteiger partial charge in [0.25, 0.3) is 5.60 Å². The van der Waals surface area contributed by atoms with Gasteiger partial charge >= 0.3 is 17.9 Å². The van der Waals surface area contributed by atoms with E-state index in [1.165, 1.54) is 0 Å². The number of rotatable bonds is 9. The van der Waals surface area contributed by atoms with E-state index in [1.807, 2.05) is 0 Å². The minimum absolute atomic E-state index is 0.101. The highest BCUT2D eigenvalue weighted by atomic mass is 16.6. The van der Waals surface area contributed by atoms with Gasteiger partial charge in [-0.25, -0.2) is 14.4 Å². The van der Waals surface area contributed by atoms with Crippen LogP contribution in [0.2, 0.25) is 0 Å². The summed E-state index contributed by atoms with van der Waals surface area (Å²) in [6.45, 7) is 5.04. The number of aliphatic carboxylic acids is 1. The van der Waals surface area contributed by atoms with Crippen molar-refractivity contribution in [1.82, 2.24) is 0 Å². The summed E-state index contributed by atoms with van der Waals surface area (Å²) in [7, 11) is 1.05. The quantitative estimate of drug-likeness (QED) is 0.416. The summed E-state index contributed by atoms with van der Waals surface area (Å²) >= 11 is 0. The molecule has 0 fully saturated rings. The predicted molar refractivity (Wildman–Crippen MR) is 84.0 cm³/mol. The largest absolute Gasteiger partial charge is 0.479 e. The van der Waals surface area contributed by atoms with Gasteiger partial charge in [-0.05, 0) is 12.5 Å². The molecule has 0 heterocycles. The van der Waals surface area contributed by atoms with Crippen molar-refractivity contribution in [2.45, 2.75) is 25.6 Å². The van der Waals surface area contributed by atoms with Crippen molar-refractivity contribution in [2.24, 2.45) is 0 Å². The van der Waals surface area contributed by atoms with Crippen LogP contribution in [0.25, 0.3) is 0 Å². The standard InChI is InChI=1S/C17H20O7/c1-4-23-14(18)12(2)10-17(22-3,15(19)20)16(21)24-11-13-8-6-5-7-9-13/h5-9H,2,4,10-11H2,1,3H3,(H,19,20). The van der Waals surface area contributed by atoms with Gasteiger partial charge in [-0.1, -0.05) is 36.9 Å². The lowest BCUT2D eigenvalue weighted by atomic mass is 9.94. The number of esters is 2. The molecule has 0 radical (unpaired) electrons. The van der Waals surface area contributed by atoms with Crippen LogP contribution in [-0.2, 0) is 35.2 Å². The number of hydrogen-bond donors (Lipinski definition) is 1. The van der Waals surface area contributed by atoms with Crippen LogP contribution in [0, 0.1) is 0 Å². The van der Waals surface area contributed by atoms with Gasteiger partial charge in [0, 0.05) is 19.1 Å². The van der Waals surface area contributed by atoms with Crippen molar-refractivity contribution in [3.8, 4) is 0 Å². The smallest absolute Gasteiger partial charge is 0.350 e. The molecule has 1 unspecified atom stereocenters. The molecule has 7 heteroatoms. The van der Waals surface area contributed by atoms with Crippen LogP contribution in [0.4, 0.5) is 0 Å². The van der Waals surface area contributed by atoms with E-state index in [0.717, 1.165) is 7.11 Å². The summed E-state index contributed by atoms with van der Waals surface area (Å²) in [4.78, 5) is 35.5. The minimum atomic E-state index is -2.36. The molecule has 0 aliphatic carbocycles. The summed E-state index contributed by atoms with van der Waals surface area (Å²) in [5.74, 6) is -3.49. The molecule has 0 aliphatic heterocycles. The first-order chi connectivity index (χ1) is 11.4. The zero-order valence-corrected chi connectivity index (χ0v) is 13.6. The number of carbonyl (C=O) groups excluding carboxylic acids is 2. The second-order valence-corrected chi connectivity index (χ2v) is 4.90. The third-order valence-electron chi connectivity index (χ3n) is 3.26. The lowest BCUT2D eigenvalue weighted by Crippen LogP contribution is -2.50. The van der Waals surface area contributed by atoms with Crippen molar-refractivity contribution in [2.75, 3.05) is 13.7 Å². The molecule has 0 saturated heterocycles. The molecule has 0 spiro atoms. The first kappa shape index (κ1) is 19.4. The summed E-state index contributed by atoms with van der Waals surface area (Å²) in [6.07, 6.45) is -0.578. The maximum absolute atomic E-state index is 12.3. The fourth-order valence-corrected chi connectivity index (χ4v) is 1.92. The topological polar surface area (TPSA) is 99.1 Å². The second kappa shape index (κ2) is 8.83. The molecule has 1 atom stereocenters. The Balaban J connectivity index is 2.89. The molecule has 24 heavy (non-hydrogen) atoms. The van der Waals surface area contributed by atoms with Crippen molar-refractivity contribution in [3.63, 3.8) is 0 Å². The molecule has 0 bridgehead atoms. The van der Waals surface area contributed by atoms with Gasteiger partial charge in [-0.3, -0.25) is 0 Å². The fraction of sp³-hybridized carbons (Fsp3) is 0.353.